The summed E-state index contributed by atoms with van der Waals surface area (Å²) in [7, 11) is 3.79. The standard InChI is InChI=1S/C18H21Cl2N3O4/c1-21(10-12-3-4-14(23(26)27)9-17(12)24)5-6-22(2)11-15-16(20)7-13(19)8-18(15)25/h3-4,7-9,24-25H,5-6,10-11H2,1-2H3. The molecule has 0 fully saturated rings. The van der Waals surface area contributed by atoms with Gasteiger partial charge in [-0.05, 0) is 32.3 Å². The highest BCUT2D eigenvalue weighted by Gasteiger charge is 2.14. The van der Waals surface area contributed by atoms with Crippen LogP contribution in [0.15, 0.2) is 30.3 Å². The third-order valence-corrected chi connectivity index (χ3v) is 4.70. The lowest BCUT2D eigenvalue weighted by Gasteiger charge is -2.23. The lowest BCUT2D eigenvalue weighted by molar-refractivity contribution is -0.384. The second-order valence-electron chi connectivity index (χ2n) is 6.43. The predicted octanol–water partition coefficient (Wildman–Crippen LogP) is 3.88. The highest BCUT2D eigenvalue weighted by Crippen LogP contribution is 2.31. The molecule has 0 radical (unpaired) electrons. The van der Waals surface area contributed by atoms with Gasteiger partial charge in [0.25, 0.3) is 5.69 Å². The number of non-ortho nitro benzene ring substituents is 1. The minimum atomic E-state index is -0.542. The monoisotopic (exact) mass is 413 g/mol. The van der Waals surface area contributed by atoms with Crippen molar-refractivity contribution in [1.29, 1.82) is 0 Å². The van der Waals surface area contributed by atoms with E-state index in [1.54, 1.807) is 12.1 Å². The molecule has 0 aliphatic carbocycles. The minimum absolute atomic E-state index is 0.0588. The Balaban J connectivity index is 1.90. The molecule has 0 aliphatic rings. The van der Waals surface area contributed by atoms with E-state index in [9.17, 15) is 20.3 Å². The number of rotatable bonds is 8. The zero-order valence-electron chi connectivity index (χ0n) is 15.0. The van der Waals surface area contributed by atoms with Gasteiger partial charge in [0, 0.05) is 48.4 Å². The van der Waals surface area contributed by atoms with Crippen molar-refractivity contribution in [3.8, 4) is 11.5 Å². The van der Waals surface area contributed by atoms with Crippen LogP contribution in [-0.4, -0.2) is 52.1 Å². The highest BCUT2D eigenvalue weighted by molar-refractivity contribution is 6.35. The first-order valence-electron chi connectivity index (χ1n) is 8.17. The maximum atomic E-state index is 10.7. The smallest absolute Gasteiger partial charge is 0.273 e. The third-order valence-electron chi connectivity index (χ3n) is 4.15. The maximum absolute atomic E-state index is 10.7. The van der Waals surface area contributed by atoms with Gasteiger partial charge in [0.15, 0.2) is 0 Å². The van der Waals surface area contributed by atoms with Gasteiger partial charge in [0.05, 0.1) is 16.0 Å². The van der Waals surface area contributed by atoms with Crippen LogP contribution in [0.2, 0.25) is 10.0 Å². The number of aromatic hydroxyl groups is 2. The maximum Gasteiger partial charge on any atom is 0.273 e. The van der Waals surface area contributed by atoms with E-state index < -0.39 is 4.92 Å². The molecule has 2 aromatic carbocycles. The van der Waals surface area contributed by atoms with Crippen LogP contribution < -0.4 is 0 Å². The van der Waals surface area contributed by atoms with Crippen LogP contribution in [-0.2, 0) is 13.1 Å². The molecule has 2 N–H and O–H groups in total. The van der Waals surface area contributed by atoms with E-state index in [0.29, 0.717) is 47.4 Å². The number of nitro benzene ring substituents is 1. The summed E-state index contributed by atoms with van der Waals surface area (Å²) >= 11 is 12.0. The quantitative estimate of drug-likeness (QED) is 0.504. The molecule has 0 amide bonds. The molecule has 7 nitrogen and oxygen atoms in total. The first-order valence-corrected chi connectivity index (χ1v) is 8.93. The van der Waals surface area contributed by atoms with Crippen molar-refractivity contribution in [2.75, 3.05) is 27.2 Å². The molecule has 146 valence electrons. The third kappa shape index (κ3) is 5.97. The summed E-state index contributed by atoms with van der Waals surface area (Å²) < 4.78 is 0. The zero-order valence-corrected chi connectivity index (χ0v) is 16.5. The number of nitrogens with zero attached hydrogens (tertiary/aromatic N) is 3. The van der Waals surface area contributed by atoms with Crippen molar-refractivity contribution in [2.45, 2.75) is 13.1 Å². The van der Waals surface area contributed by atoms with Crippen molar-refractivity contribution in [3.05, 3.63) is 61.6 Å². The summed E-state index contributed by atoms with van der Waals surface area (Å²) in [5.41, 5.74) is 1.08. The predicted molar refractivity (Wildman–Crippen MR) is 106 cm³/mol. The number of phenols is 2. The summed E-state index contributed by atoms with van der Waals surface area (Å²) in [5.74, 6) is -0.0363. The van der Waals surface area contributed by atoms with Gasteiger partial charge < -0.3 is 20.0 Å². The summed E-state index contributed by atoms with van der Waals surface area (Å²) in [4.78, 5) is 14.2. The molecular formula is C18H21Cl2N3O4. The van der Waals surface area contributed by atoms with E-state index in [2.05, 4.69) is 0 Å². The molecule has 0 heterocycles. The summed E-state index contributed by atoms with van der Waals surface area (Å²) in [5, 5.41) is 31.5. The van der Waals surface area contributed by atoms with Crippen molar-refractivity contribution in [3.63, 3.8) is 0 Å². The molecule has 27 heavy (non-hydrogen) atoms. The van der Waals surface area contributed by atoms with Gasteiger partial charge in [0.2, 0.25) is 0 Å². The average molecular weight is 414 g/mol. The fraction of sp³-hybridized carbons (Fsp3) is 0.333. The fourth-order valence-electron chi connectivity index (χ4n) is 2.61. The van der Waals surface area contributed by atoms with Crippen molar-refractivity contribution < 1.29 is 15.1 Å². The molecule has 0 aliphatic heterocycles. The highest BCUT2D eigenvalue weighted by atomic mass is 35.5. The van der Waals surface area contributed by atoms with E-state index >= 15 is 0 Å². The Morgan fingerprint density at radius 1 is 1.00 bits per heavy atom. The number of likely N-dealkylation sites (N-methyl/N-ethyl adjacent to an activating group) is 2. The molecule has 0 unspecified atom stereocenters. The second kappa shape index (κ2) is 9.23. The largest absolute Gasteiger partial charge is 0.508 e. The van der Waals surface area contributed by atoms with Crippen molar-refractivity contribution in [1.82, 2.24) is 9.80 Å². The van der Waals surface area contributed by atoms with Gasteiger partial charge in [0.1, 0.15) is 11.5 Å². The molecule has 2 rings (SSSR count). The topological polar surface area (TPSA) is 90.1 Å². The van der Waals surface area contributed by atoms with Crippen LogP contribution in [0.25, 0.3) is 0 Å². The van der Waals surface area contributed by atoms with Crippen LogP contribution in [0.1, 0.15) is 11.1 Å². The van der Waals surface area contributed by atoms with Gasteiger partial charge >= 0.3 is 0 Å². The van der Waals surface area contributed by atoms with Gasteiger partial charge in [-0.3, -0.25) is 10.1 Å². The number of halogens is 2. The zero-order chi connectivity index (χ0) is 20.1. The molecule has 0 atom stereocenters. The molecule has 0 bridgehead atoms. The first-order chi connectivity index (χ1) is 12.7. The van der Waals surface area contributed by atoms with E-state index in [-0.39, 0.29) is 17.2 Å². The summed E-state index contributed by atoms with van der Waals surface area (Å²) in [6.45, 7) is 2.27. The molecule has 0 spiro atoms. The Morgan fingerprint density at radius 3 is 2.19 bits per heavy atom. The number of hydrogen-bond acceptors (Lipinski definition) is 6. The number of phenolic OH excluding ortho intramolecular Hbond substituents is 2. The lowest BCUT2D eigenvalue weighted by Crippen LogP contribution is -2.30. The Bertz CT molecular complexity index is 809. The SMILES string of the molecule is CN(CCN(C)Cc1c(O)cc(Cl)cc1Cl)Cc1ccc([N+](=O)[O-])cc1O. The van der Waals surface area contributed by atoms with Gasteiger partial charge in [-0.2, -0.15) is 0 Å². The summed E-state index contributed by atoms with van der Waals surface area (Å²) in [6.07, 6.45) is 0. The van der Waals surface area contributed by atoms with Crippen LogP contribution in [0, 0.1) is 10.1 Å². The Labute approximate surface area is 167 Å². The molecular weight excluding hydrogens is 393 g/mol. The van der Waals surface area contributed by atoms with E-state index in [1.807, 2.05) is 23.9 Å². The molecule has 0 aromatic heterocycles. The second-order valence-corrected chi connectivity index (χ2v) is 7.27. The van der Waals surface area contributed by atoms with Crippen LogP contribution in [0.4, 0.5) is 5.69 Å². The van der Waals surface area contributed by atoms with Gasteiger partial charge in [-0.1, -0.05) is 23.2 Å². The number of nitro groups is 1. The van der Waals surface area contributed by atoms with Gasteiger partial charge in [-0.25, -0.2) is 0 Å². The van der Waals surface area contributed by atoms with Crippen LogP contribution in [0.5, 0.6) is 11.5 Å². The summed E-state index contributed by atoms with van der Waals surface area (Å²) in [6, 6.07) is 7.13. The number of hydrogen-bond donors (Lipinski definition) is 2. The van der Waals surface area contributed by atoms with Crippen molar-refractivity contribution in [2.24, 2.45) is 0 Å². The molecule has 2 aromatic rings. The molecule has 0 saturated heterocycles. The van der Waals surface area contributed by atoms with Crippen LogP contribution >= 0.6 is 23.2 Å². The van der Waals surface area contributed by atoms with Crippen LogP contribution in [0.3, 0.4) is 0 Å². The Hall–Kier alpha value is -2.06. The average Bonchev–Trinajstić information content (AvgIpc) is 2.58. The lowest BCUT2D eigenvalue weighted by atomic mass is 10.1. The first kappa shape index (κ1) is 21.2. The normalized spacial score (nSPS) is 11.3. The van der Waals surface area contributed by atoms with E-state index in [4.69, 9.17) is 23.2 Å². The van der Waals surface area contributed by atoms with E-state index in [1.165, 1.54) is 12.1 Å². The van der Waals surface area contributed by atoms with Crippen molar-refractivity contribution >= 4 is 28.9 Å². The molecule has 9 heteroatoms. The number of benzene rings is 2. The minimum Gasteiger partial charge on any atom is -0.508 e. The molecule has 0 saturated carbocycles. The Morgan fingerprint density at radius 2 is 1.63 bits per heavy atom. The van der Waals surface area contributed by atoms with Gasteiger partial charge in [-0.15, -0.1) is 0 Å². The van der Waals surface area contributed by atoms with E-state index in [0.717, 1.165) is 6.07 Å². The fourth-order valence-corrected chi connectivity index (χ4v) is 3.15. The Kier molecular flexibility index (Phi) is 7.26.